The minimum atomic E-state index is -4.47. The maximum absolute atomic E-state index is 12.7. The van der Waals surface area contributed by atoms with E-state index in [9.17, 15) is 18.0 Å². The first-order valence-corrected chi connectivity index (χ1v) is 8.74. The molecule has 0 aliphatic carbocycles. The van der Waals surface area contributed by atoms with Crippen LogP contribution in [0.5, 0.6) is 17.2 Å². The van der Waals surface area contributed by atoms with Crippen LogP contribution >= 0.6 is 0 Å². The van der Waals surface area contributed by atoms with Crippen molar-refractivity contribution < 1.29 is 27.4 Å². The van der Waals surface area contributed by atoms with E-state index in [1.54, 1.807) is 24.3 Å². The number of ether oxygens (including phenoxy) is 2. The molecule has 0 unspecified atom stereocenters. The molecule has 4 nitrogen and oxygen atoms in total. The van der Waals surface area contributed by atoms with Crippen molar-refractivity contribution in [3.8, 4) is 17.2 Å². The summed E-state index contributed by atoms with van der Waals surface area (Å²) in [6.45, 7) is 1.55. The van der Waals surface area contributed by atoms with Crippen molar-refractivity contribution in [2.24, 2.45) is 0 Å². The molecule has 0 radical (unpaired) electrons. The van der Waals surface area contributed by atoms with Crippen molar-refractivity contribution >= 4 is 11.6 Å². The molecule has 0 fully saturated rings. The Bertz CT molecular complexity index is 985. The molecule has 150 valence electrons. The van der Waals surface area contributed by atoms with Crippen LogP contribution in [-0.4, -0.2) is 12.5 Å². The number of rotatable bonds is 6. The van der Waals surface area contributed by atoms with Gasteiger partial charge in [-0.1, -0.05) is 18.2 Å². The molecule has 3 aromatic rings. The minimum Gasteiger partial charge on any atom is -0.484 e. The Morgan fingerprint density at radius 2 is 1.59 bits per heavy atom. The van der Waals surface area contributed by atoms with Gasteiger partial charge in [-0.2, -0.15) is 13.2 Å². The van der Waals surface area contributed by atoms with Gasteiger partial charge in [0.05, 0.1) is 5.56 Å². The van der Waals surface area contributed by atoms with Gasteiger partial charge < -0.3 is 14.8 Å². The highest BCUT2D eigenvalue weighted by atomic mass is 19.4. The van der Waals surface area contributed by atoms with Crippen LogP contribution in [0, 0.1) is 6.92 Å². The number of anilines is 1. The summed E-state index contributed by atoms with van der Waals surface area (Å²) < 4.78 is 49.0. The Morgan fingerprint density at radius 3 is 2.28 bits per heavy atom. The zero-order chi connectivity index (χ0) is 20.9. The van der Waals surface area contributed by atoms with Crippen molar-refractivity contribution in [3.63, 3.8) is 0 Å². The minimum absolute atomic E-state index is 0.0307. The zero-order valence-corrected chi connectivity index (χ0v) is 15.5. The topological polar surface area (TPSA) is 47.6 Å². The van der Waals surface area contributed by atoms with Crippen LogP contribution in [0.15, 0.2) is 72.8 Å². The molecule has 0 saturated heterocycles. The smallest absolute Gasteiger partial charge is 0.416 e. The molecule has 0 spiro atoms. The van der Waals surface area contributed by atoms with E-state index in [4.69, 9.17) is 9.47 Å². The van der Waals surface area contributed by atoms with Gasteiger partial charge >= 0.3 is 6.18 Å². The summed E-state index contributed by atoms with van der Waals surface area (Å²) in [5, 5.41) is 2.62. The van der Waals surface area contributed by atoms with E-state index in [0.717, 1.165) is 17.7 Å². The number of benzene rings is 3. The van der Waals surface area contributed by atoms with Crippen LogP contribution in [0.1, 0.15) is 11.1 Å². The highest BCUT2D eigenvalue weighted by Gasteiger charge is 2.30. The van der Waals surface area contributed by atoms with Crippen molar-refractivity contribution in [1.82, 2.24) is 0 Å². The Balaban J connectivity index is 1.53. The summed E-state index contributed by atoms with van der Waals surface area (Å²) in [5.74, 6) is 0.789. The monoisotopic (exact) mass is 401 g/mol. The summed E-state index contributed by atoms with van der Waals surface area (Å²) in [5.41, 5.74) is 0.756. The molecule has 0 heterocycles. The molecule has 0 atom stereocenters. The number of carbonyl (C=O) groups excluding carboxylic acids is 1. The standard InChI is InChI=1S/C22H18F3NO3/c1-15-4-2-7-20(12-15)29-18-10-8-17(9-11-18)26-21(27)14-28-19-6-3-5-16(13-19)22(23,24)25/h2-13H,14H2,1H3,(H,26,27). The second-order valence-corrected chi connectivity index (χ2v) is 6.31. The average molecular weight is 401 g/mol. The van der Waals surface area contributed by atoms with Gasteiger partial charge in [-0.05, 0) is 67.1 Å². The molecule has 7 heteroatoms. The lowest BCUT2D eigenvalue weighted by Gasteiger charge is -2.11. The number of halogens is 3. The Hall–Kier alpha value is -3.48. The van der Waals surface area contributed by atoms with E-state index in [2.05, 4.69) is 5.32 Å². The van der Waals surface area contributed by atoms with Crippen LogP contribution < -0.4 is 14.8 Å². The van der Waals surface area contributed by atoms with Gasteiger partial charge in [-0.15, -0.1) is 0 Å². The molecular weight excluding hydrogens is 383 g/mol. The molecule has 0 bridgehead atoms. The van der Waals surface area contributed by atoms with Crippen molar-refractivity contribution in [2.75, 3.05) is 11.9 Å². The van der Waals surface area contributed by atoms with Crippen LogP contribution in [-0.2, 0) is 11.0 Å². The molecule has 1 amide bonds. The molecule has 0 aliphatic rings. The molecule has 0 aromatic heterocycles. The van der Waals surface area contributed by atoms with Gasteiger partial charge in [-0.3, -0.25) is 4.79 Å². The number of hydrogen-bond acceptors (Lipinski definition) is 3. The fourth-order valence-electron chi connectivity index (χ4n) is 2.53. The van der Waals surface area contributed by atoms with Crippen molar-refractivity contribution in [2.45, 2.75) is 13.1 Å². The van der Waals surface area contributed by atoms with Gasteiger partial charge in [0.25, 0.3) is 5.91 Å². The molecule has 0 saturated carbocycles. The van der Waals surface area contributed by atoms with Gasteiger partial charge in [0, 0.05) is 5.69 Å². The van der Waals surface area contributed by atoms with Crippen molar-refractivity contribution in [1.29, 1.82) is 0 Å². The van der Waals surface area contributed by atoms with Crippen molar-refractivity contribution in [3.05, 3.63) is 83.9 Å². The lowest BCUT2D eigenvalue weighted by Crippen LogP contribution is -2.20. The molecule has 29 heavy (non-hydrogen) atoms. The predicted octanol–water partition coefficient (Wildman–Crippen LogP) is 5.82. The third kappa shape index (κ3) is 6.00. The first kappa shape index (κ1) is 20.3. The third-order valence-corrected chi connectivity index (χ3v) is 3.89. The van der Waals surface area contributed by atoms with E-state index in [1.807, 2.05) is 31.2 Å². The lowest BCUT2D eigenvalue weighted by atomic mass is 10.2. The summed E-state index contributed by atoms with van der Waals surface area (Å²) in [7, 11) is 0. The van der Waals surface area contributed by atoms with Crippen LogP contribution in [0.2, 0.25) is 0 Å². The van der Waals surface area contributed by atoms with E-state index >= 15 is 0 Å². The highest BCUT2D eigenvalue weighted by molar-refractivity contribution is 5.91. The summed E-state index contributed by atoms with van der Waals surface area (Å²) in [6, 6.07) is 18.7. The fraction of sp³-hybridized carbons (Fsp3) is 0.136. The molecule has 3 aromatic carbocycles. The predicted molar refractivity (Wildman–Crippen MR) is 103 cm³/mol. The van der Waals surface area contributed by atoms with Gasteiger partial charge in [0.1, 0.15) is 17.2 Å². The number of hydrogen-bond donors (Lipinski definition) is 1. The Kier molecular flexibility index (Phi) is 6.07. The summed E-state index contributed by atoms with van der Waals surface area (Å²) >= 11 is 0. The van der Waals surface area contributed by atoms with Crippen LogP contribution in [0.3, 0.4) is 0 Å². The SMILES string of the molecule is Cc1cccc(Oc2ccc(NC(=O)COc3cccc(C(F)(F)F)c3)cc2)c1. The first-order chi connectivity index (χ1) is 13.8. The second-order valence-electron chi connectivity index (χ2n) is 6.31. The van der Waals surface area contributed by atoms with Crippen LogP contribution in [0.4, 0.5) is 18.9 Å². The maximum atomic E-state index is 12.7. The quantitative estimate of drug-likeness (QED) is 0.566. The fourth-order valence-corrected chi connectivity index (χ4v) is 2.53. The number of amides is 1. The number of nitrogens with one attached hydrogen (secondary N) is 1. The van der Waals surface area contributed by atoms with Gasteiger partial charge in [-0.25, -0.2) is 0 Å². The highest BCUT2D eigenvalue weighted by Crippen LogP contribution is 2.31. The lowest BCUT2D eigenvalue weighted by molar-refractivity contribution is -0.137. The third-order valence-electron chi connectivity index (χ3n) is 3.89. The first-order valence-electron chi connectivity index (χ1n) is 8.74. The van der Waals surface area contributed by atoms with E-state index in [-0.39, 0.29) is 5.75 Å². The maximum Gasteiger partial charge on any atom is 0.416 e. The number of alkyl halides is 3. The van der Waals surface area contributed by atoms with E-state index in [0.29, 0.717) is 17.2 Å². The van der Waals surface area contributed by atoms with E-state index < -0.39 is 24.3 Å². The molecule has 1 N–H and O–H groups in total. The molecule has 3 rings (SSSR count). The Labute approximate surface area is 165 Å². The summed E-state index contributed by atoms with van der Waals surface area (Å²) in [4.78, 5) is 12.0. The Morgan fingerprint density at radius 1 is 0.897 bits per heavy atom. The number of carbonyl (C=O) groups is 1. The van der Waals surface area contributed by atoms with Crippen LogP contribution in [0.25, 0.3) is 0 Å². The molecule has 0 aliphatic heterocycles. The zero-order valence-electron chi connectivity index (χ0n) is 15.5. The largest absolute Gasteiger partial charge is 0.484 e. The van der Waals surface area contributed by atoms with Gasteiger partial charge in [0.15, 0.2) is 6.61 Å². The van der Waals surface area contributed by atoms with Gasteiger partial charge in [0.2, 0.25) is 0 Å². The van der Waals surface area contributed by atoms with E-state index in [1.165, 1.54) is 12.1 Å². The number of aryl methyl sites for hydroxylation is 1. The second kappa shape index (κ2) is 8.68. The normalized spacial score (nSPS) is 11.0. The molecular formula is C22H18F3NO3. The average Bonchev–Trinajstić information content (AvgIpc) is 2.68. The summed E-state index contributed by atoms with van der Waals surface area (Å²) in [6.07, 6.45) is -4.47.